The van der Waals surface area contributed by atoms with E-state index in [0.29, 0.717) is 5.56 Å². The van der Waals surface area contributed by atoms with Gasteiger partial charge >= 0.3 is 5.97 Å². The van der Waals surface area contributed by atoms with E-state index < -0.39 is 28.1 Å². The Bertz CT molecular complexity index is 1550. The normalized spacial score (nSPS) is 12.6. The molecule has 39 heavy (non-hydrogen) atoms. The number of carbonyl (C=O) groups is 1. The standard InChI is InChI=1S/C31H27NO5S2/c1-38-27-17-13-25(14-18-27)26-15-19-28(20-16-26)39(35,36)32-30(31(33)34)29(21-12-23-8-4-2-5-9-23)37-22-24-10-6-3-7-11-24/h2-11,13-20,29-30,32H,22H2,1H3,(H,33,34)/t29-,30?/m1/s1. The number of carboxylic acids is 1. The second-order valence-electron chi connectivity index (χ2n) is 8.54. The fourth-order valence-corrected chi connectivity index (χ4v) is 5.34. The second kappa shape index (κ2) is 13.3. The van der Waals surface area contributed by atoms with E-state index in [1.54, 1.807) is 36.0 Å². The van der Waals surface area contributed by atoms with Gasteiger partial charge in [-0.1, -0.05) is 84.6 Å². The number of sulfonamides is 1. The van der Waals surface area contributed by atoms with Crippen molar-refractivity contribution in [2.75, 3.05) is 6.26 Å². The average Bonchev–Trinajstić information content (AvgIpc) is 2.97. The summed E-state index contributed by atoms with van der Waals surface area (Å²) in [7, 11) is -4.21. The second-order valence-corrected chi connectivity index (χ2v) is 11.1. The van der Waals surface area contributed by atoms with Crippen molar-refractivity contribution in [3.63, 3.8) is 0 Å². The van der Waals surface area contributed by atoms with Gasteiger partial charge in [0.25, 0.3) is 0 Å². The lowest BCUT2D eigenvalue weighted by Crippen LogP contribution is -2.49. The highest BCUT2D eigenvalue weighted by atomic mass is 32.2. The highest BCUT2D eigenvalue weighted by Crippen LogP contribution is 2.24. The SMILES string of the molecule is CSc1ccc(-c2ccc(S(=O)(=O)NC(C(=O)O)[C@@H](C#Cc3ccccc3)OCc3ccccc3)cc2)cc1. The van der Waals surface area contributed by atoms with E-state index in [1.165, 1.54) is 12.1 Å². The van der Waals surface area contributed by atoms with Gasteiger partial charge in [-0.3, -0.25) is 4.79 Å². The lowest BCUT2D eigenvalue weighted by molar-refractivity contribution is -0.142. The molecule has 0 fully saturated rings. The van der Waals surface area contributed by atoms with E-state index >= 15 is 0 Å². The Kier molecular flexibility index (Phi) is 9.58. The molecule has 0 aliphatic heterocycles. The Labute approximate surface area is 233 Å². The number of rotatable bonds is 10. The molecular formula is C31H27NO5S2. The van der Waals surface area contributed by atoms with Gasteiger partial charge in [-0.2, -0.15) is 4.72 Å². The first-order chi connectivity index (χ1) is 18.9. The molecule has 0 radical (unpaired) electrons. The molecule has 0 saturated heterocycles. The molecule has 0 heterocycles. The third-order valence-corrected chi connectivity index (χ3v) is 8.04. The topological polar surface area (TPSA) is 92.7 Å². The molecule has 6 nitrogen and oxygen atoms in total. The minimum absolute atomic E-state index is 0.0592. The Balaban J connectivity index is 1.58. The zero-order chi connectivity index (χ0) is 27.7. The van der Waals surface area contributed by atoms with Gasteiger partial charge in [-0.25, -0.2) is 8.42 Å². The minimum Gasteiger partial charge on any atom is -0.480 e. The van der Waals surface area contributed by atoms with Crippen LogP contribution >= 0.6 is 11.8 Å². The molecule has 0 aromatic heterocycles. The molecule has 0 saturated carbocycles. The predicted octanol–water partition coefficient (Wildman–Crippen LogP) is 5.44. The summed E-state index contributed by atoms with van der Waals surface area (Å²) in [6.45, 7) is 0.0600. The monoisotopic (exact) mass is 557 g/mol. The lowest BCUT2D eigenvalue weighted by Gasteiger charge is -2.21. The molecule has 1 unspecified atom stereocenters. The van der Waals surface area contributed by atoms with E-state index in [1.807, 2.05) is 79.1 Å². The zero-order valence-electron chi connectivity index (χ0n) is 21.2. The van der Waals surface area contributed by atoms with Gasteiger partial charge in [-0.15, -0.1) is 11.8 Å². The van der Waals surface area contributed by atoms with Crippen LogP contribution in [0, 0.1) is 11.8 Å². The smallest absolute Gasteiger partial charge is 0.325 e. The molecule has 2 atom stereocenters. The third kappa shape index (κ3) is 7.82. The summed E-state index contributed by atoms with van der Waals surface area (Å²) in [5.74, 6) is 4.32. The first kappa shape index (κ1) is 28.1. The summed E-state index contributed by atoms with van der Waals surface area (Å²) >= 11 is 1.64. The Hall–Kier alpha value is -3.87. The number of ether oxygens (including phenoxy) is 1. The Morgan fingerprint density at radius 3 is 2.00 bits per heavy atom. The summed E-state index contributed by atoms with van der Waals surface area (Å²) in [4.78, 5) is 13.4. The van der Waals surface area contributed by atoms with Crippen LogP contribution in [0.4, 0.5) is 0 Å². The summed E-state index contributed by atoms with van der Waals surface area (Å²) in [6.07, 6.45) is 0.739. The van der Waals surface area contributed by atoms with Gasteiger partial charge in [0, 0.05) is 10.5 Å². The summed E-state index contributed by atoms with van der Waals surface area (Å²) in [5.41, 5.74) is 3.24. The number of thioether (sulfide) groups is 1. The maximum Gasteiger partial charge on any atom is 0.325 e. The molecule has 4 rings (SSSR count). The number of carboxylic acid groups (broad SMARTS) is 1. The zero-order valence-corrected chi connectivity index (χ0v) is 22.8. The third-order valence-electron chi connectivity index (χ3n) is 5.84. The lowest BCUT2D eigenvalue weighted by atomic mass is 10.1. The molecule has 0 amide bonds. The van der Waals surface area contributed by atoms with Crippen LogP contribution in [-0.2, 0) is 26.2 Å². The van der Waals surface area contributed by atoms with Crippen molar-refractivity contribution < 1.29 is 23.1 Å². The van der Waals surface area contributed by atoms with Crippen LogP contribution in [0.2, 0.25) is 0 Å². The van der Waals surface area contributed by atoms with Crippen molar-refractivity contribution in [2.45, 2.75) is 28.5 Å². The van der Waals surface area contributed by atoms with E-state index in [0.717, 1.165) is 21.6 Å². The number of nitrogens with one attached hydrogen (secondary N) is 1. The van der Waals surface area contributed by atoms with E-state index in [-0.39, 0.29) is 11.5 Å². The van der Waals surface area contributed by atoms with Crippen LogP contribution in [0.1, 0.15) is 11.1 Å². The minimum atomic E-state index is -4.21. The van der Waals surface area contributed by atoms with E-state index in [4.69, 9.17) is 4.74 Å². The van der Waals surface area contributed by atoms with Crippen LogP contribution in [0.25, 0.3) is 11.1 Å². The predicted molar refractivity (Wildman–Crippen MR) is 154 cm³/mol. The number of aliphatic carboxylic acids is 1. The molecule has 0 spiro atoms. The molecule has 2 N–H and O–H groups in total. The summed E-state index contributed by atoms with van der Waals surface area (Å²) < 4.78 is 34.7. The maximum atomic E-state index is 13.3. The molecular weight excluding hydrogens is 530 g/mol. The van der Waals surface area contributed by atoms with Crippen LogP contribution < -0.4 is 4.72 Å². The fraction of sp³-hybridized carbons (Fsp3) is 0.129. The first-order valence-electron chi connectivity index (χ1n) is 12.1. The maximum absolute atomic E-state index is 13.3. The van der Waals surface area contributed by atoms with Crippen molar-refractivity contribution in [3.8, 4) is 23.0 Å². The van der Waals surface area contributed by atoms with Crippen molar-refractivity contribution in [1.82, 2.24) is 4.72 Å². The Morgan fingerprint density at radius 2 is 1.44 bits per heavy atom. The van der Waals surface area contributed by atoms with Crippen LogP contribution in [0.3, 0.4) is 0 Å². The summed E-state index contributed by atoms with van der Waals surface area (Å²) in [5, 5.41) is 10.0. The molecule has 198 valence electrons. The van der Waals surface area contributed by atoms with Crippen LogP contribution in [0.15, 0.2) is 119 Å². The van der Waals surface area contributed by atoms with Gasteiger partial charge in [0.2, 0.25) is 10.0 Å². The largest absolute Gasteiger partial charge is 0.480 e. The van der Waals surface area contributed by atoms with Crippen molar-refractivity contribution in [2.24, 2.45) is 0 Å². The van der Waals surface area contributed by atoms with Crippen molar-refractivity contribution >= 4 is 27.8 Å². The Morgan fingerprint density at radius 1 is 0.872 bits per heavy atom. The van der Waals surface area contributed by atoms with Gasteiger partial charge in [0.05, 0.1) is 11.5 Å². The van der Waals surface area contributed by atoms with Gasteiger partial charge in [-0.05, 0) is 59.3 Å². The number of benzene rings is 4. The van der Waals surface area contributed by atoms with Crippen LogP contribution in [-0.4, -0.2) is 37.9 Å². The van der Waals surface area contributed by atoms with Gasteiger partial charge in [0.1, 0.15) is 6.10 Å². The molecule has 0 bridgehead atoms. The average molecular weight is 558 g/mol. The first-order valence-corrected chi connectivity index (χ1v) is 14.8. The molecule has 4 aromatic rings. The highest BCUT2D eigenvalue weighted by Gasteiger charge is 2.33. The molecule has 0 aliphatic carbocycles. The quantitative estimate of drug-likeness (QED) is 0.199. The highest BCUT2D eigenvalue weighted by molar-refractivity contribution is 7.98. The fourth-order valence-electron chi connectivity index (χ4n) is 3.74. The molecule has 4 aromatic carbocycles. The van der Waals surface area contributed by atoms with Crippen molar-refractivity contribution in [1.29, 1.82) is 0 Å². The number of hydrogen-bond acceptors (Lipinski definition) is 5. The van der Waals surface area contributed by atoms with Crippen molar-refractivity contribution in [3.05, 3.63) is 120 Å². The van der Waals surface area contributed by atoms with E-state index in [2.05, 4.69) is 16.6 Å². The van der Waals surface area contributed by atoms with Crippen LogP contribution in [0.5, 0.6) is 0 Å². The summed E-state index contributed by atoms with van der Waals surface area (Å²) in [6, 6.07) is 30.8. The van der Waals surface area contributed by atoms with Gasteiger partial charge in [0.15, 0.2) is 6.04 Å². The number of hydrogen-bond donors (Lipinski definition) is 2. The molecule has 8 heteroatoms. The molecule has 0 aliphatic rings. The van der Waals surface area contributed by atoms with Gasteiger partial charge < -0.3 is 9.84 Å². The van der Waals surface area contributed by atoms with E-state index in [9.17, 15) is 18.3 Å².